The lowest BCUT2D eigenvalue weighted by Gasteiger charge is -2.19. The molecule has 1 heterocycles. The maximum absolute atomic E-state index is 5.47. The summed E-state index contributed by atoms with van der Waals surface area (Å²) < 4.78 is 6.70. The number of hydrogen-bond donors (Lipinski definition) is 1. The van der Waals surface area contributed by atoms with Gasteiger partial charge in [-0.2, -0.15) is 0 Å². The molecule has 0 aliphatic heterocycles. The molecule has 0 bridgehead atoms. The molecule has 0 aromatic carbocycles. The van der Waals surface area contributed by atoms with Crippen LogP contribution in [0.4, 0.5) is 0 Å². The number of halogens is 1. The van der Waals surface area contributed by atoms with Gasteiger partial charge in [-0.3, -0.25) is 0 Å². The summed E-state index contributed by atoms with van der Waals surface area (Å²) >= 11 is 5.41. The Hall–Kier alpha value is 0.1000. The van der Waals surface area contributed by atoms with Gasteiger partial charge in [-0.15, -0.1) is 11.3 Å². The van der Waals surface area contributed by atoms with Crippen molar-refractivity contribution in [2.75, 3.05) is 7.11 Å². The van der Waals surface area contributed by atoms with Crippen molar-refractivity contribution in [1.29, 1.82) is 0 Å². The number of nitrogens with one attached hydrogen (secondary N) is 1. The van der Waals surface area contributed by atoms with Gasteiger partial charge in [0, 0.05) is 33.9 Å². The van der Waals surface area contributed by atoms with E-state index in [0.29, 0.717) is 12.1 Å². The Morgan fingerprint density at radius 1 is 1.56 bits per heavy atom. The summed E-state index contributed by atoms with van der Waals surface area (Å²) in [6.07, 6.45) is 4.12. The minimum Gasteiger partial charge on any atom is -0.380 e. The van der Waals surface area contributed by atoms with Crippen LogP contribution in [-0.4, -0.2) is 19.3 Å². The molecule has 1 aromatic heterocycles. The number of rotatable bonds is 4. The molecule has 1 aliphatic rings. The van der Waals surface area contributed by atoms with Crippen molar-refractivity contribution in [2.45, 2.75) is 44.9 Å². The molecule has 90 valence electrons. The number of hydrogen-bond acceptors (Lipinski definition) is 3. The van der Waals surface area contributed by atoms with Crippen molar-refractivity contribution in [3.63, 3.8) is 0 Å². The van der Waals surface area contributed by atoms with Gasteiger partial charge < -0.3 is 10.1 Å². The Morgan fingerprint density at radius 2 is 2.38 bits per heavy atom. The van der Waals surface area contributed by atoms with Crippen LogP contribution in [0.1, 0.15) is 29.0 Å². The fourth-order valence-electron chi connectivity index (χ4n) is 2.28. The third-order valence-electron chi connectivity index (χ3n) is 3.20. The molecular weight excluding hydrogens is 286 g/mol. The molecular formula is C12H18BrNOS. The van der Waals surface area contributed by atoms with Crippen LogP contribution in [0, 0.1) is 6.92 Å². The molecule has 1 fully saturated rings. The zero-order valence-electron chi connectivity index (χ0n) is 9.75. The Bertz CT molecular complexity index is 333. The minimum absolute atomic E-state index is 0.407. The van der Waals surface area contributed by atoms with Gasteiger partial charge in [-0.25, -0.2) is 0 Å². The number of thiophene rings is 1. The zero-order valence-corrected chi connectivity index (χ0v) is 12.2. The SMILES string of the molecule is COC1CCCC1NCc1cc(Br)c(C)s1. The molecule has 4 heteroatoms. The first-order valence-corrected chi connectivity index (χ1v) is 7.32. The van der Waals surface area contributed by atoms with Crippen LogP contribution in [0.15, 0.2) is 10.5 Å². The van der Waals surface area contributed by atoms with Gasteiger partial charge in [-0.05, 0) is 48.2 Å². The summed E-state index contributed by atoms with van der Waals surface area (Å²) in [5.41, 5.74) is 0. The van der Waals surface area contributed by atoms with Gasteiger partial charge in [0.1, 0.15) is 0 Å². The van der Waals surface area contributed by atoms with Crippen molar-refractivity contribution in [2.24, 2.45) is 0 Å². The number of ether oxygens (including phenoxy) is 1. The highest BCUT2D eigenvalue weighted by Crippen LogP contribution is 2.27. The van der Waals surface area contributed by atoms with E-state index in [1.54, 1.807) is 0 Å². The molecule has 0 saturated heterocycles. The average molecular weight is 304 g/mol. The van der Waals surface area contributed by atoms with E-state index in [1.165, 1.54) is 33.5 Å². The minimum atomic E-state index is 0.407. The lowest BCUT2D eigenvalue weighted by atomic mass is 10.2. The van der Waals surface area contributed by atoms with Crippen LogP contribution in [0.3, 0.4) is 0 Å². The Kier molecular flexibility index (Phi) is 4.41. The first-order valence-electron chi connectivity index (χ1n) is 5.71. The maximum atomic E-state index is 5.47. The summed E-state index contributed by atoms with van der Waals surface area (Å²) in [6, 6.07) is 2.75. The number of methoxy groups -OCH3 is 1. The lowest BCUT2D eigenvalue weighted by Crippen LogP contribution is -2.36. The summed E-state index contributed by atoms with van der Waals surface area (Å²) in [5, 5.41) is 3.60. The Balaban J connectivity index is 1.87. The van der Waals surface area contributed by atoms with Crippen molar-refractivity contribution in [1.82, 2.24) is 5.32 Å². The predicted molar refractivity (Wildman–Crippen MR) is 72.0 cm³/mol. The third kappa shape index (κ3) is 2.86. The highest BCUT2D eigenvalue weighted by atomic mass is 79.9. The van der Waals surface area contributed by atoms with Gasteiger partial charge in [0.25, 0.3) is 0 Å². The second kappa shape index (κ2) is 5.63. The van der Waals surface area contributed by atoms with E-state index in [-0.39, 0.29) is 0 Å². The zero-order chi connectivity index (χ0) is 11.5. The van der Waals surface area contributed by atoms with Gasteiger partial charge >= 0.3 is 0 Å². The highest BCUT2D eigenvalue weighted by molar-refractivity contribution is 9.10. The van der Waals surface area contributed by atoms with Crippen LogP contribution in [-0.2, 0) is 11.3 Å². The van der Waals surface area contributed by atoms with Crippen LogP contribution in [0.5, 0.6) is 0 Å². The molecule has 2 rings (SSSR count). The smallest absolute Gasteiger partial charge is 0.0724 e. The Morgan fingerprint density at radius 3 is 3.00 bits per heavy atom. The van der Waals surface area contributed by atoms with Gasteiger partial charge in [0.2, 0.25) is 0 Å². The fourth-order valence-corrected chi connectivity index (χ4v) is 3.83. The number of aryl methyl sites for hydroxylation is 1. The van der Waals surface area contributed by atoms with E-state index >= 15 is 0 Å². The van der Waals surface area contributed by atoms with E-state index in [0.717, 1.165) is 6.54 Å². The standard InChI is InChI=1S/C12H18BrNOS/c1-8-10(13)6-9(16-8)7-14-11-4-3-5-12(11)15-2/h6,11-12,14H,3-5,7H2,1-2H3. The van der Waals surface area contributed by atoms with Crippen LogP contribution >= 0.6 is 27.3 Å². The van der Waals surface area contributed by atoms with Crippen LogP contribution in [0.2, 0.25) is 0 Å². The van der Waals surface area contributed by atoms with E-state index in [9.17, 15) is 0 Å². The van der Waals surface area contributed by atoms with Crippen LogP contribution in [0.25, 0.3) is 0 Å². The average Bonchev–Trinajstić information content (AvgIpc) is 2.83. The van der Waals surface area contributed by atoms with Gasteiger partial charge in [-0.1, -0.05) is 0 Å². The Labute approximate surface area is 110 Å². The monoisotopic (exact) mass is 303 g/mol. The normalized spacial score (nSPS) is 25.2. The van der Waals surface area contributed by atoms with E-state index in [4.69, 9.17) is 4.74 Å². The summed E-state index contributed by atoms with van der Waals surface area (Å²) in [5.74, 6) is 0. The van der Waals surface area contributed by atoms with Crippen molar-refractivity contribution in [3.05, 3.63) is 20.3 Å². The first-order chi connectivity index (χ1) is 7.70. The van der Waals surface area contributed by atoms with Crippen LogP contribution < -0.4 is 5.32 Å². The molecule has 16 heavy (non-hydrogen) atoms. The second-order valence-corrected chi connectivity index (χ2v) is 6.50. The molecule has 0 amide bonds. The molecule has 0 radical (unpaired) electrons. The highest BCUT2D eigenvalue weighted by Gasteiger charge is 2.26. The summed E-state index contributed by atoms with van der Waals surface area (Å²) in [4.78, 5) is 2.75. The molecule has 2 unspecified atom stereocenters. The second-order valence-electron chi connectivity index (χ2n) is 4.31. The quantitative estimate of drug-likeness (QED) is 0.919. The van der Waals surface area contributed by atoms with E-state index in [2.05, 4.69) is 34.2 Å². The third-order valence-corrected chi connectivity index (χ3v) is 5.34. The van der Waals surface area contributed by atoms with E-state index < -0.39 is 0 Å². The van der Waals surface area contributed by atoms with Gasteiger partial charge in [0.05, 0.1) is 6.10 Å². The summed E-state index contributed by atoms with van der Waals surface area (Å²) in [7, 11) is 1.82. The predicted octanol–water partition coefficient (Wildman–Crippen LogP) is 3.48. The van der Waals surface area contributed by atoms with E-state index in [1.807, 2.05) is 18.4 Å². The molecule has 0 spiro atoms. The van der Waals surface area contributed by atoms with Crippen molar-refractivity contribution < 1.29 is 4.74 Å². The maximum Gasteiger partial charge on any atom is 0.0724 e. The fraction of sp³-hybridized carbons (Fsp3) is 0.667. The first kappa shape index (κ1) is 12.6. The topological polar surface area (TPSA) is 21.3 Å². The molecule has 1 aliphatic carbocycles. The largest absolute Gasteiger partial charge is 0.380 e. The van der Waals surface area contributed by atoms with Crippen molar-refractivity contribution in [3.8, 4) is 0 Å². The molecule has 1 aromatic rings. The molecule has 1 saturated carbocycles. The molecule has 2 nitrogen and oxygen atoms in total. The van der Waals surface area contributed by atoms with Crippen molar-refractivity contribution >= 4 is 27.3 Å². The van der Waals surface area contributed by atoms with Gasteiger partial charge in [0.15, 0.2) is 0 Å². The summed E-state index contributed by atoms with van der Waals surface area (Å²) in [6.45, 7) is 3.10. The molecule has 2 atom stereocenters. The molecule has 1 N–H and O–H groups in total. The lowest BCUT2D eigenvalue weighted by molar-refractivity contribution is 0.0848.